The van der Waals surface area contributed by atoms with Crippen molar-refractivity contribution < 1.29 is 4.79 Å². The Morgan fingerprint density at radius 3 is 2.36 bits per heavy atom. The Morgan fingerprint density at radius 1 is 1.29 bits per heavy atom. The van der Waals surface area contributed by atoms with Crippen molar-refractivity contribution in [1.29, 1.82) is 0 Å². The Bertz CT molecular complexity index is 379. The molecule has 1 aromatic carbocycles. The van der Waals surface area contributed by atoms with Crippen LogP contribution in [0, 0.1) is 17.8 Å². The molecule has 0 heterocycles. The van der Waals surface area contributed by atoms with Gasteiger partial charge in [0.15, 0.2) is 0 Å². The molecule has 0 aromatic heterocycles. The Kier molecular flexibility index (Phi) is 3.91. The van der Waals surface area contributed by atoms with Gasteiger partial charge in [0.2, 0.25) is 5.78 Å². The van der Waals surface area contributed by atoms with Crippen LogP contribution in [0.25, 0.3) is 0 Å². The molecule has 0 aliphatic rings. The van der Waals surface area contributed by atoms with Gasteiger partial charge in [-0.2, -0.15) is 0 Å². The first kappa shape index (κ1) is 11.0. The highest BCUT2D eigenvalue weighted by Crippen LogP contribution is 2.09. The molecule has 1 nitrogen and oxygen atoms in total. The van der Waals surface area contributed by atoms with Crippen molar-refractivity contribution in [2.75, 3.05) is 0 Å². The number of ketones is 1. The second kappa shape index (κ2) is 4.97. The zero-order chi connectivity index (χ0) is 10.6. The van der Waals surface area contributed by atoms with Gasteiger partial charge in [0.05, 0.1) is 0 Å². The minimum absolute atomic E-state index is 0.0158. The van der Waals surface area contributed by atoms with E-state index < -0.39 is 0 Å². The zero-order valence-electron chi connectivity index (χ0n) is 8.17. The van der Waals surface area contributed by atoms with Crippen LogP contribution in [-0.2, 0) is 4.79 Å². The average molecular weight is 251 g/mol. The molecular weight excluding hydrogens is 240 g/mol. The van der Waals surface area contributed by atoms with Gasteiger partial charge in [0.25, 0.3) is 0 Å². The maximum Gasteiger partial charge on any atom is 0.208 e. The maximum absolute atomic E-state index is 11.2. The predicted molar refractivity (Wildman–Crippen MR) is 60.9 cm³/mol. The smallest absolute Gasteiger partial charge is 0.208 e. The lowest BCUT2D eigenvalue weighted by atomic mass is 10.1. The third-order valence-electron chi connectivity index (χ3n) is 1.70. The lowest BCUT2D eigenvalue weighted by Gasteiger charge is -1.93. The average Bonchev–Trinajstić information content (AvgIpc) is 2.16. The summed E-state index contributed by atoms with van der Waals surface area (Å²) in [6.07, 6.45) is 0. The summed E-state index contributed by atoms with van der Waals surface area (Å²) in [5.41, 5.74) is 0.863. The van der Waals surface area contributed by atoms with Gasteiger partial charge in [-0.1, -0.05) is 35.7 Å². The summed E-state index contributed by atoms with van der Waals surface area (Å²) in [5.74, 6) is 5.41. The van der Waals surface area contributed by atoms with E-state index in [1.165, 1.54) is 0 Å². The quantitative estimate of drug-likeness (QED) is 0.701. The van der Waals surface area contributed by atoms with Gasteiger partial charge < -0.3 is 0 Å². The lowest BCUT2D eigenvalue weighted by molar-refractivity contribution is -0.116. The van der Waals surface area contributed by atoms with E-state index in [0.717, 1.165) is 10.0 Å². The standard InChI is InChI=1S/C12H11BrO/c1-9(2)12(14)8-5-10-3-6-11(13)7-4-10/h3-4,6-7,9H,1-2H3. The second-order valence-electron chi connectivity index (χ2n) is 3.28. The molecule has 0 aliphatic carbocycles. The number of hydrogen-bond donors (Lipinski definition) is 0. The molecule has 0 N–H and O–H groups in total. The summed E-state index contributed by atoms with van der Waals surface area (Å²) in [6, 6.07) is 7.57. The van der Waals surface area contributed by atoms with E-state index in [4.69, 9.17) is 0 Å². The molecule has 0 atom stereocenters. The maximum atomic E-state index is 11.2. The third-order valence-corrected chi connectivity index (χ3v) is 2.23. The predicted octanol–water partition coefficient (Wildman–Crippen LogP) is 3.03. The van der Waals surface area contributed by atoms with Crippen LogP contribution in [-0.4, -0.2) is 5.78 Å². The minimum Gasteiger partial charge on any atom is -0.285 e. The summed E-state index contributed by atoms with van der Waals surface area (Å²) in [4.78, 5) is 11.2. The largest absolute Gasteiger partial charge is 0.285 e. The number of hydrogen-bond acceptors (Lipinski definition) is 1. The number of rotatable bonds is 1. The fourth-order valence-corrected chi connectivity index (χ4v) is 1.08. The highest BCUT2D eigenvalue weighted by Gasteiger charge is 2.01. The highest BCUT2D eigenvalue weighted by molar-refractivity contribution is 9.10. The third kappa shape index (κ3) is 3.35. The number of carbonyl (C=O) groups is 1. The van der Waals surface area contributed by atoms with Crippen LogP contribution in [0.5, 0.6) is 0 Å². The van der Waals surface area contributed by atoms with Gasteiger partial charge in [0.1, 0.15) is 0 Å². The van der Waals surface area contributed by atoms with Crippen molar-refractivity contribution in [2.45, 2.75) is 13.8 Å². The molecule has 0 amide bonds. The van der Waals surface area contributed by atoms with Crippen LogP contribution in [0.1, 0.15) is 19.4 Å². The van der Waals surface area contributed by atoms with E-state index in [-0.39, 0.29) is 11.7 Å². The van der Waals surface area contributed by atoms with Crippen LogP contribution in [0.15, 0.2) is 28.7 Å². The number of halogens is 1. The fraction of sp³-hybridized carbons (Fsp3) is 0.250. The van der Waals surface area contributed by atoms with E-state index in [2.05, 4.69) is 27.8 Å². The van der Waals surface area contributed by atoms with Crippen LogP contribution < -0.4 is 0 Å². The second-order valence-corrected chi connectivity index (χ2v) is 4.19. The van der Waals surface area contributed by atoms with Crippen LogP contribution in [0.4, 0.5) is 0 Å². The SMILES string of the molecule is CC(C)C(=O)C#Cc1ccc(Br)cc1. The highest BCUT2D eigenvalue weighted by atomic mass is 79.9. The first-order valence-electron chi connectivity index (χ1n) is 4.41. The summed E-state index contributed by atoms with van der Waals surface area (Å²) in [7, 11) is 0. The number of benzene rings is 1. The molecule has 72 valence electrons. The van der Waals surface area contributed by atoms with E-state index in [1.54, 1.807) is 0 Å². The monoisotopic (exact) mass is 250 g/mol. The van der Waals surface area contributed by atoms with Gasteiger partial charge in [-0.3, -0.25) is 4.79 Å². The normalized spacial score (nSPS) is 9.43. The van der Waals surface area contributed by atoms with E-state index in [9.17, 15) is 4.79 Å². The summed E-state index contributed by atoms with van der Waals surface area (Å²) >= 11 is 3.33. The Hall–Kier alpha value is -1.07. The van der Waals surface area contributed by atoms with Crippen LogP contribution in [0.2, 0.25) is 0 Å². The molecule has 0 radical (unpaired) electrons. The molecule has 1 aromatic rings. The van der Waals surface area contributed by atoms with Gasteiger partial charge >= 0.3 is 0 Å². The fourth-order valence-electron chi connectivity index (χ4n) is 0.811. The summed E-state index contributed by atoms with van der Waals surface area (Å²) < 4.78 is 1.01. The van der Waals surface area contributed by atoms with Crippen molar-refractivity contribution in [3.8, 4) is 11.8 Å². The molecule has 0 aliphatic heterocycles. The molecule has 0 bridgehead atoms. The zero-order valence-corrected chi connectivity index (χ0v) is 9.76. The van der Waals surface area contributed by atoms with Gasteiger partial charge in [-0.15, -0.1) is 0 Å². The summed E-state index contributed by atoms with van der Waals surface area (Å²) in [6.45, 7) is 3.69. The summed E-state index contributed by atoms with van der Waals surface area (Å²) in [5, 5.41) is 0. The molecule has 0 unspecified atom stereocenters. The molecule has 1 rings (SSSR count). The van der Waals surface area contributed by atoms with E-state index in [1.807, 2.05) is 38.1 Å². The topological polar surface area (TPSA) is 17.1 Å². The molecule has 2 heteroatoms. The Morgan fingerprint density at radius 2 is 1.86 bits per heavy atom. The van der Waals surface area contributed by atoms with E-state index >= 15 is 0 Å². The number of Topliss-reactive ketones (excluding diaryl/α,β-unsaturated/α-hetero) is 1. The first-order valence-corrected chi connectivity index (χ1v) is 5.20. The molecular formula is C12H11BrO. The Balaban J connectivity index is 2.78. The van der Waals surface area contributed by atoms with Gasteiger partial charge in [-0.05, 0) is 30.2 Å². The lowest BCUT2D eigenvalue weighted by Crippen LogP contribution is -2.02. The van der Waals surface area contributed by atoms with E-state index in [0.29, 0.717) is 0 Å². The number of carbonyl (C=O) groups excluding carboxylic acids is 1. The van der Waals surface area contributed by atoms with Crippen molar-refractivity contribution >= 4 is 21.7 Å². The first-order chi connectivity index (χ1) is 6.59. The molecule has 14 heavy (non-hydrogen) atoms. The van der Waals surface area contributed by atoms with Crippen molar-refractivity contribution in [2.24, 2.45) is 5.92 Å². The van der Waals surface area contributed by atoms with Crippen LogP contribution in [0.3, 0.4) is 0 Å². The Labute approximate surface area is 92.6 Å². The van der Waals surface area contributed by atoms with Crippen LogP contribution >= 0.6 is 15.9 Å². The minimum atomic E-state index is -0.0204. The molecule has 0 fully saturated rings. The van der Waals surface area contributed by atoms with Crippen molar-refractivity contribution in [3.63, 3.8) is 0 Å². The van der Waals surface area contributed by atoms with Crippen molar-refractivity contribution in [3.05, 3.63) is 34.3 Å². The van der Waals surface area contributed by atoms with Crippen molar-refractivity contribution in [1.82, 2.24) is 0 Å². The molecule has 0 spiro atoms. The van der Waals surface area contributed by atoms with Gasteiger partial charge in [0, 0.05) is 16.0 Å². The molecule has 0 saturated carbocycles. The van der Waals surface area contributed by atoms with Gasteiger partial charge in [-0.25, -0.2) is 0 Å². The molecule has 0 saturated heterocycles.